The predicted octanol–water partition coefficient (Wildman–Crippen LogP) is 8.59. The molecule has 2 unspecified atom stereocenters. The van der Waals surface area contributed by atoms with E-state index < -0.39 is 12.2 Å². The Morgan fingerprint density at radius 1 is 0.522 bits per heavy atom. The number of hydrogen-bond acceptors (Lipinski definition) is 8. The summed E-state index contributed by atoms with van der Waals surface area (Å²) in [6, 6.07) is 15.8. The van der Waals surface area contributed by atoms with E-state index in [9.17, 15) is 9.59 Å². The number of benzene rings is 3. The van der Waals surface area contributed by atoms with Crippen molar-refractivity contribution in [3.63, 3.8) is 0 Å². The van der Waals surface area contributed by atoms with Crippen molar-refractivity contribution in [1.82, 2.24) is 0 Å². The van der Waals surface area contributed by atoms with Crippen LogP contribution in [-0.4, -0.2) is 63.8 Å². The first kappa shape index (κ1) is 37.1. The van der Waals surface area contributed by atoms with Crippen LogP contribution in [0.3, 0.4) is 0 Å². The van der Waals surface area contributed by atoms with Crippen LogP contribution in [0.1, 0.15) is 91.9 Å². The number of carbonyl (C=O) groups is 2. The molecule has 0 N–H and O–H groups in total. The number of hydrogen-bond donors (Lipinski definition) is 0. The van der Waals surface area contributed by atoms with Crippen LogP contribution in [0.25, 0.3) is 21.5 Å². The Balaban J connectivity index is 1.82. The van der Waals surface area contributed by atoms with Gasteiger partial charge in [0.1, 0.15) is 24.7 Å². The van der Waals surface area contributed by atoms with Crippen LogP contribution in [0.15, 0.2) is 48.5 Å². The Bertz CT molecular complexity index is 1170. The van der Waals surface area contributed by atoms with E-state index in [0.29, 0.717) is 37.6 Å². The van der Waals surface area contributed by atoms with Gasteiger partial charge in [0.25, 0.3) is 0 Å². The molecule has 0 aliphatic carbocycles. The van der Waals surface area contributed by atoms with Crippen LogP contribution in [0.4, 0.5) is 0 Å². The quantitative estimate of drug-likeness (QED) is 0.0548. The van der Waals surface area contributed by atoms with Crippen molar-refractivity contribution in [2.75, 3.05) is 39.6 Å². The van der Waals surface area contributed by atoms with Gasteiger partial charge in [-0.3, -0.25) is 9.59 Å². The van der Waals surface area contributed by atoms with E-state index in [1.807, 2.05) is 62.4 Å². The Morgan fingerprint density at radius 3 is 1.22 bits per heavy atom. The lowest BCUT2D eigenvalue weighted by atomic mass is 10.0. The van der Waals surface area contributed by atoms with Gasteiger partial charge < -0.3 is 28.4 Å². The molecule has 0 amide bonds. The van der Waals surface area contributed by atoms with E-state index in [1.165, 1.54) is 0 Å². The summed E-state index contributed by atoms with van der Waals surface area (Å²) in [5, 5.41) is 3.47. The van der Waals surface area contributed by atoms with Gasteiger partial charge in [-0.15, -0.1) is 0 Å². The number of unbranched alkanes of at least 4 members (excludes halogenated alkanes) is 6. The van der Waals surface area contributed by atoms with E-state index in [-0.39, 0.29) is 38.4 Å². The van der Waals surface area contributed by atoms with E-state index in [2.05, 4.69) is 13.8 Å². The molecule has 3 rings (SSSR count). The zero-order valence-corrected chi connectivity index (χ0v) is 28.4. The minimum absolute atomic E-state index is 0.152. The van der Waals surface area contributed by atoms with E-state index in [1.54, 1.807) is 0 Å². The van der Waals surface area contributed by atoms with Gasteiger partial charge in [0.15, 0.2) is 12.2 Å². The van der Waals surface area contributed by atoms with Crippen molar-refractivity contribution in [2.45, 2.75) is 104 Å². The smallest absolute Gasteiger partial charge is 0.306 e. The monoisotopic (exact) mass is 638 g/mol. The average molecular weight is 639 g/mol. The third-order valence-corrected chi connectivity index (χ3v) is 7.74. The average Bonchev–Trinajstić information content (AvgIpc) is 3.07. The highest BCUT2D eigenvalue weighted by atomic mass is 16.6. The highest BCUT2D eigenvalue weighted by Gasteiger charge is 2.22. The van der Waals surface area contributed by atoms with Crippen molar-refractivity contribution in [3.05, 3.63) is 48.5 Å². The Hall–Kier alpha value is -3.36. The first-order valence-electron chi connectivity index (χ1n) is 17.3. The number of carbonyl (C=O) groups excluding carboxylic acids is 2. The summed E-state index contributed by atoms with van der Waals surface area (Å²) in [7, 11) is 0. The van der Waals surface area contributed by atoms with Crippen LogP contribution in [0.5, 0.6) is 11.5 Å². The number of esters is 2. The van der Waals surface area contributed by atoms with E-state index in [0.717, 1.165) is 72.9 Å². The third-order valence-electron chi connectivity index (χ3n) is 7.74. The SMILES string of the molecule is CCCCCCC(=O)OC(COCC)COc1c2ccccc2c(OCC(COCC)OC(=O)CCCCCC)c2ccccc12. The highest BCUT2D eigenvalue weighted by Crippen LogP contribution is 2.42. The van der Waals surface area contributed by atoms with E-state index in [4.69, 9.17) is 28.4 Å². The van der Waals surface area contributed by atoms with Crippen LogP contribution in [0, 0.1) is 0 Å². The maximum Gasteiger partial charge on any atom is 0.306 e. The molecule has 0 radical (unpaired) electrons. The summed E-state index contributed by atoms with van der Waals surface area (Å²) in [4.78, 5) is 25.2. The standard InChI is InChI=1S/C38H54O8/c1-5-9-11-13-23-35(39)45-29(25-41-7-3)27-43-37-31-19-15-17-21-33(31)38(34-22-18-16-20-32(34)37)44-28-30(26-42-8-4)46-36(40)24-14-12-10-6-2/h15-22,29-30H,5-14,23-28H2,1-4H3. The number of ether oxygens (including phenoxy) is 6. The zero-order valence-electron chi connectivity index (χ0n) is 28.4. The largest absolute Gasteiger partial charge is 0.488 e. The molecule has 8 heteroatoms. The molecule has 0 fully saturated rings. The molecule has 0 heterocycles. The van der Waals surface area contributed by atoms with Crippen molar-refractivity contribution in [2.24, 2.45) is 0 Å². The summed E-state index contributed by atoms with van der Waals surface area (Å²) >= 11 is 0. The van der Waals surface area contributed by atoms with Gasteiger partial charge in [-0.1, -0.05) is 101 Å². The lowest BCUT2D eigenvalue weighted by Crippen LogP contribution is -2.30. The molecular formula is C38H54O8. The second-order valence-electron chi connectivity index (χ2n) is 11.5. The summed E-state index contributed by atoms with van der Waals surface area (Å²) in [6.07, 6.45) is 7.79. The minimum Gasteiger partial charge on any atom is -0.488 e. The minimum atomic E-state index is -0.539. The number of rotatable bonds is 24. The lowest BCUT2D eigenvalue weighted by molar-refractivity contribution is -0.155. The molecule has 0 saturated heterocycles. The lowest BCUT2D eigenvalue weighted by Gasteiger charge is -2.23. The molecule has 46 heavy (non-hydrogen) atoms. The fourth-order valence-electron chi connectivity index (χ4n) is 5.32. The molecule has 0 saturated carbocycles. The van der Waals surface area contributed by atoms with Crippen molar-refractivity contribution in [1.29, 1.82) is 0 Å². The normalized spacial score (nSPS) is 12.6. The molecule has 0 bridgehead atoms. The van der Waals surface area contributed by atoms with Crippen LogP contribution < -0.4 is 9.47 Å². The van der Waals surface area contributed by atoms with E-state index >= 15 is 0 Å². The van der Waals surface area contributed by atoms with Crippen molar-refractivity contribution >= 4 is 33.5 Å². The van der Waals surface area contributed by atoms with Gasteiger partial charge in [0.2, 0.25) is 0 Å². The molecule has 0 spiro atoms. The molecule has 8 nitrogen and oxygen atoms in total. The third kappa shape index (κ3) is 12.1. The van der Waals surface area contributed by atoms with Crippen LogP contribution in [-0.2, 0) is 28.5 Å². The first-order chi connectivity index (χ1) is 22.5. The summed E-state index contributed by atoms with van der Waals surface area (Å²) in [5.41, 5.74) is 0. The molecule has 0 aromatic heterocycles. The fraction of sp³-hybridized carbons (Fsp3) is 0.579. The molecule has 3 aromatic rings. The van der Waals surface area contributed by atoms with Gasteiger partial charge >= 0.3 is 11.9 Å². The molecule has 0 aliphatic rings. The fourth-order valence-corrected chi connectivity index (χ4v) is 5.32. The molecule has 254 valence electrons. The summed E-state index contributed by atoms with van der Waals surface area (Å²) < 4.78 is 35.8. The van der Waals surface area contributed by atoms with Gasteiger partial charge in [-0.25, -0.2) is 0 Å². The predicted molar refractivity (Wildman–Crippen MR) is 183 cm³/mol. The second kappa shape index (κ2) is 21.4. The Morgan fingerprint density at radius 2 is 0.891 bits per heavy atom. The van der Waals surface area contributed by atoms with Gasteiger partial charge in [0.05, 0.1) is 13.2 Å². The molecular weight excluding hydrogens is 584 g/mol. The molecule has 3 aromatic carbocycles. The van der Waals surface area contributed by atoms with Gasteiger partial charge in [-0.2, -0.15) is 0 Å². The molecule has 2 atom stereocenters. The summed E-state index contributed by atoms with van der Waals surface area (Å²) in [6.45, 7) is 9.97. The van der Waals surface area contributed by atoms with Crippen molar-refractivity contribution in [3.8, 4) is 11.5 Å². The van der Waals surface area contributed by atoms with Gasteiger partial charge in [0, 0.05) is 47.6 Å². The Kier molecular flexibility index (Phi) is 17.3. The second-order valence-corrected chi connectivity index (χ2v) is 11.5. The maximum atomic E-state index is 12.6. The molecule has 0 aliphatic heterocycles. The Labute approximate surface area is 275 Å². The van der Waals surface area contributed by atoms with Crippen LogP contribution >= 0.6 is 0 Å². The summed E-state index contributed by atoms with van der Waals surface area (Å²) in [5.74, 6) is 0.907. The number of fused-ring (bicyclic) bond motifs is 2. The van der Waals surface area contributed by atoms with Crippen LogP contribution in [0.2, 0.25) is 0 Å². The zero-order chi connectivity index (χ0) is 33.0. The van der Waals surface area contributed by atoms with Crippen molar-refractivity contribution < 1.29 is 38.0 Å². The topological polar surface area (TPSA) is 89.5 Å². The van der Waals surface area contributed by atoms with Gasteiger partial charge in [-0.05, 0) is 26.7 Å². The highest BCUT2D eigenvalue weighted by molar-refractivity contribution is 6.11. The first-order valence-corrected chi connectivity index (χ1v) is 17.3. The maximum absolute atomic E-state index is 12.6.